The molecule has 8 nitrogen and oxygen atoms in total. The summed E-state index contributed by atoms with van der Waals surface area (Å²) < 4.78 is 10.5. The number of hydrogen-bond donors (Lipinski definition) is 4. The van der Waals surface area contributed by atoms with Gasteiger partial charge < -0.3 is 29.9 Å². The summed E-state index contributed by atoms with van der Waals surface area (Å²) in [4.78, 5) is 20.2. The first-order valence-electron chi connectivity index (χ1n) is 7.19. The van der Waals surface area contributed by atoms with Crippen LogP contribution in [0.2, 0.25) is 0 Å². The Kier molecular flexibility index (Phi) is 13.4. The van der Waals surface area contributed by atoms with Crippen LogP contribution in [0.1, 0.15) is 34.6 Å². The molecule has 3 unspecified atom stereocenters. The van der Waals surface area contributed by atoms with Gasteiger partial charge in [-0.15, -0.1) is 0 Å². The van der Waals surface area contributed by atoms with Crippen LogP contribution in [0.4, 0.5) is 0 Å². The predicted molar refractivity (Wildman–Crippen MR) is 83.2 cm³/mol. The summed E-state index contributed by atoms with van der Waals surface area (Å²) in [5.41, 5.74) is -0.264. The van der Waals surface area contributed by atoms with E-state index in [1.165, 1.54) is 13.8 Å². The van der Waals surface area contributed by atoms with Gasteiger partial charge in [0, 0.05) is 11.1 Å². The van der Waals surface area contributed by atoms with Crippen molar-refractivity contribution in [3.63, 3.8) is 0 Å². The van der Waals surface area contributed by atoms with E-state index in [0.29, 0.717) is 13.2 Å². The zero-order valence-corrected chi connectivity index (χ0v) is 14.3. The van der Waals surface area contributed by atoms with E-state index in [2.05, 4.69) is 0 Å². The molecule has 0 amide bonds. The molecule has 8 heteroatoms. The SMILES string of the molecule is CC(C(=O)O)=C(C)C(=O)O.CC(O)COC(C)COC(C)CO. The van der Waals surface area contributed by atoms with Crippen LogP contribution in [-0.4, -0.2) is 70.5 Å². The van der Waals surface area contributed by atoms with Crippen molar-refractivity contribution < 1.29 is 39.5 Å². The molecule has 0 aliphatic carbocycles. The van der Waals surface area contributed by atoms with E-state index in [1.807, 2.05) is 6.92 Å². The van der Waals surface area contributed by atoms with E-state index < -0.39 is 18.0 Å². The smallest absolute Gasteiger partial charge is 0.331 e. The molecule has 0 spiro atoms. The van der Waals surface area contributed by atoms with Crippen molar-refractivity contribution in [3.8, 4) is 0 Å². The van der Waals surface area contributed by atoms with Crippen LogP contribution in [0.15, 0.2) is 11.1 Å². The summed E-state index contributed by atoms with van der Waals surface area (Å²) in [6.45, 7) is 8.62. The second-order valence-corrected chi connectivity index (χ2v) is 5.18. The number of rotatable bonds is 9. The molecular weight excluding hydrogens is 308 g/mol. The average molecular weight is 336 g/mol. The largest absolute Gasteiger partial charge is 0.478 e. The monoisotopic (exact) mass is 336 g/mol. The Morgan fingerprint density at radius 2 is 1.26 bits per heavy atom. The van der Waals surface area contributed by atoms with E-state index in [4.69, 9.17) is 29.9 Å². The lowest BCUT2D eigenvalue weighted by Crippen LogP contribution is -2.24. The van der Waals surface area contributed by atoms with Gasteiger partial charge in [0.1, 0.15) is 0 Å². The average Bonchev–Trinajstić information content (AvgIpc) is 2.49. The van der Waals surface area contributed by atoms with Crippen LogP contribution in [0, 0.1) is 0 Å². The lowest BCUT2D eigenvalue weighted by molar-refractivity contribution is -0.135. The Hall–Kier alpha value is -1.48. The highest BCUT2D eigenvalue weighted by molar-refractivity contribution is 5.97. The quantitative estimate of drug-likeness (QED) is 0.451. The van der Waals surface area contributed by atoms with Crippen molar-refractivity contribution in [2.24, 2.45) is 0 Å². The van der Waals surface area contributed by atoms with E-state index in [0.717, 1.165) is 0 Å². The molecule has 4 N–H and O–H groups in total. The van der Waals surface area contributed by atoms with Gasteiger partial charge >= 0.3 is 11.9 Å². The Balaban J connectivity index is 0. The lowest BCUT2D eigenvalue weighted by Gasteiger charge is -2.16. The van der Waals surface area contributed by atoms with Gasteiger partial charge in [0.2, 0.25) is 0 Å². The standard InChI is InChI=1S/C9H20O4.C6H8O4/c1-7(11)5-12-9(3)6-13-8(2)4-10;1-3(5(7)8)4(2)6(9)10/h7-11H,4-6H2,1-3H3;1-2H3,(H,7,8)(H,9,10). The zero-order valence-electron chi connectivity index (χ0n) is 14.3. The predicted octanol–water partition coefficient (Wildman–Crippen LogP) is 0.662. The van der Waals surface area contributed by atoms with Gasteiger partial charge in [0.05, 0.1) is 38.1 Å². The topological polar surface area (TPSA) is 134 Å². The third kappa shape index (κ3) is 13.9. The molecule has 136 valence electrons. The van der Waals surface area contributed by atoms with E-state index in [1.54, 1.807) is 13.8 Å². The van der Waals surface area contributed by atoms with Crippen LogP contribution in [0.5, 0.6) is 0 Å². The number of carboxylic acids is 2. The van der Waals surface area contributed by atoms with Crippen LogP contribution < -0.4 is 0 Å². The van der Waals surface area contributed by atoms with Gasteiger partial charge in [0.25, 0.3) is 0 Å². The zero-order chi connectivity index (χ0) is 18.6. The molecular formula is C15H28O8. The second-order valence-electron chi connectivity index (χ2n) is 5.18. The molecule has 0 fully saturated rings. The van der Waals surface area contributed by atoms with E-state index in [9.17, 15) is 9.59 Å². The van der Waals surface area contributed by atoms with Crippen molar-refractivity contribution >= 4 is 11.9 Å². The molecule has 0 aliphatic heterocycles. The van der Waals surface area contributed by atoms with Gasteiger partial charge in [-0.05, 0) is 34.6 Å². The van der Waals surface area contributed by atoms with Crippen LogP contribution in [-0.2, 0) is 19.1 Å². The lowest BCUT2D eigenvalue weighted by atomic mass is 10.1. The van der Waals surface area contributed by atoms with Crippen LogP contribution >= 0.6 is 0 Å². The molecule has 0 aromatic heterocycles. The summed E-state index contributed by atoms with van der Waals surface area (Å²) >= 11 is 0. The molecule has 23 heavy (non-hydrogen) atoms. The van der Waals surface area contributed by atoms with Crippen molar-refractivity contribution in [2.45, 2.75) is 52.9 Å². The third-order valence-corrected chi connectivity index (χ3v) is 2.70. The summed E-state index contributed by atoms with van der Waals surface area (Å²) in [5.74, 6) is -2.39. The van der Waals surface area contributed by atoms with Crippen molar-refractivity contribution in [1.29, 1.82) is 0 Å². The maximum atomic E-state index is 10.1. The maximum absolute atomic E-state index is 10.1. The van der Waals surface area contributed by atoms with Crippen molar-refractivity contribution in [2.75, 3.05) is 19.8 Å². The maximum Gasteiger partial charge on any atom is 0.331 e. The third-order valence-electron chi connectivity index (χ3n) is 2.70. The van der Waals surface area contributed by atoms with Crippen molar-refractivity contribution in [1.82, 2.24) is 0 Å². The van der Waals surface area contributed by atoms with Gasteiger partial charge in [-0.25, -0.2) is 9.59 Å². The number of aliphatic hydroxyl groups is 2. The molecule has 0 aliphatic rings. The summed E-state index contributed by atoms with van der Waals surface area (Å²) in [7, 11) is 0. The minimum Gasteiger partial charge on any atom is -0.478 e. The highest BCUT2D eigenvalue weighted by atomic mass is 16.5. The number of carbonyl (C=O) groups is 2. The van der Waals surface area contributed by atoms with Gasteiger partial charge in [-0.1, -0.05) is 0 Å². The fourth-order valence-corrected chi connectivity index (χ4v) is 1.02. The minimum absolute atomic E-state index is 0.0170. The first-order chi connectivity index (χ1) is 10.5. The summed E-state index contributed by atoms with van der Waals surface area (Å²) in [6.07, 6.45) is -0.654. The molecule has 0 aromatic rings. The number of carboxylic acid groups (broad SMARTS) is 2. The Morgan fingerprint density at radius 1 is 0.870 bits per heavy atom. The van der Waals surface area contributed by atoms with Crippen LogP contribution in [0.25, 0.3) is 0 Å². The highest BCUT2D eigenvalue weighted by Gasteiger charge is 2.10. The summed E-state index contributed by atoms with van der Waals surface area (Å²) in [6, 6.07) is 0. The van der Waals surface area contributed by atoms with Gasteiger partial charge in [-0.2, -0.15) is 0 Å². The molecule has 0 saturated heterocycles. The highest BCUT2D eigenvalue weighted by Crippen LogP contribution is 2.02. The van der Waals surface area contributed by atoms with E-state index in [-0.39, 0.29) is 30.0 Å². The van der Waals surface area contributed by atoms with Crippen molar-refractivity contribution in [3.05, 3.63) is 11.1 Å². The molecule has 0 rings (SSSR count). The molecule has 0 aromatic carbocycles. The van der Waals surface area contributed by atoms with Crippen LogP contribution in [0.3, 0.4) is 0 Å². The normalized spacial score (nSPS) is 15.6. The second kappa shape index (κ2) is 13.0. The first kappa shape index (κ1) is 23.8. The number of aliphatic carboxylic acids is 2. The molecule has 0 bridgehead atoms. The van der Waals surface area contributed by atoms with Gasteiger partial charge in [-0.3, -0.25) is 0 Å². The number of hydrogen-bond acceptors (Lipinski definition) is 6. The number of ether oxygens (including phenoxy) is 2. The molecule has 0 radical (unpaired) electrons. The molecule has 0 heterocycles. The first-order valence-corrected chi connectivity index (χ1v) is 7.19. The Morgan fingerprint density at radius 3 is 1.57 bits per heavy atom. The fourth-order valence-electron chi connectivity index (χ4n) is 1.02. The van der Waals surface area contributed by atoms with Gasteiger partial charge in [0.15, 0.2) is 0 Å². The summed E-state index contributed by atoms with van der Waals surface area (Å²) in [5, 5.41) is 34.1. The fraction of sp³-hybridized carbons (Fsp3) is 0.733. The number of aliphatic hydroxyl groups excluding tert-OH is 2. The molecule has 3 atom stereocenters. The molecule has 0 saturated carbocycles. The minimum atomic E-state index is -1.19. The Labute approximate surface area is 136 Å². The van der Waals surface area contributed by atoms with E-state index >= 15 is 0 Å². The Bertz CT molecular complexity index is 367.